The van der Waals surface area contributed by atoms with E-state index in [1.165, 1.54) is 0 Å². The predicted octanol–water partition coefficient (Wildman–Crippen LogP) is 6.09. The van der Waals surface area contributed by atoms with E-state index in [2.05, 4.69) is 5.32 Å². The third-order valence-corrected chi connectivity index (χ3v) is 5.40. The van der Waals surface area contributed by atoms with Crippen molar-refractivity contribution in [2.24, 2.45) is 0 Å². The van der Waals surface area contributed by atoms with Crippen LogP contribution in [-0.2, 0) is 4.79 Å². The monoisotopic (exact) mass is 453 g/mol. The Morgan fingerprint density at radius 2 is 1.71 bits per heavy atom. The Balaban J connectivity index is 1.72. The molecule has 4 aromatic rings. The lowest BCUT2D eigenvalue weighted by molar-refractivity contribution is -0.118. The third kappa shape index (κ3) is 4.43. The smallest absolute Gasteiger partial charge is 0.262 e. The summed E-state index contributed by atoms with van der Waals surface area (Å²) in [5.74, 6) is -0.285. The maximum absolute atomic E-state index is 13.2. The zero-order valence-electron chi connectivity index (χ0n) is 16.4. The van der Waals surface area contributed by atoms with E-state index in [1.807, 2.05) is 25.1 Å². The topological polar surface area (TPSA) is 68.5 Å². The van der Waals surface area contributed by atoms with E-state index < -0.39 is 17.9 Å². The minimum absolute atomic E-state index is 0.0621. The van der Waals surface area contributed by atoms with Crippen LogP contribution in [0, 0.1) is 6.92 Å². The molecule has 0 unspecified atom stereocenters. The van der Waals surface area contributed by atoms with Gasteiger partial charge in [-0.05, 0) is 36.8 Å². The first-order valence-corrected chi connectivity index (χ1v) is 10.2. The number of benzene rings is 3. The summed E-state index contributed by atoms with van der Waals surface area (Å²) in [6, 6.07) is 19.2. The molecule has 1 amide bonds. The highest BCUT2D eigenvalue weighted by Gasteiger charge is 2.20. The van der Waals surface area contributed by atoms with Crippen molar-refractivity contribution in [2.75, 3.05) is 11.9 Å². The first-order valence-electron chi connectivity index (χ1n) is 9.43. The SMILES string of the molecule is Cc1cc2oc(-c3ccccc3)c(OCC(=O)Nc3ccccc3Cl)c(=O)c2cc1Cl. The summed E-state index contributed by atoms with van der Waals surface area (Å²) in [5, 5.41) is 3.78. The van der Waals surface area contributed by atoms with Gasteiger partial charge in [0, 0.05) is 10.6 Å². The number of ether oxygens (including phenoxy) is 1. The second-order valence-electron chi connectivity index (χ2n) is 6.87. The highest BCUT2D eigenvalue weighted by atomic mass is 35.5. The molecule has 0 aliphatic carbocycles. The van der Waals surface area contributed by atoms with Crippen LogP contribution in [0.25, 0.3) is 22.3 Å². The zero-order valence-corrected chi connectivity index (χ0v) is 18.0. The van der Waals surface area contributed by atoms with Gasteiger partial charge in [0.05, 0.1) is 16.1 Å². The molecule has 7 heteroatoms. The Bertz CT molecular complexity index is 1330. The number of carbonyl (C=O) groups is 1. The number of carbonyl (C=O) groups excluding carboxylic acids is 1. The summed E-state index contributed by atoms with van der Waals surface area (Å²) in [6.07, 6.45) is 0. The van der Waals surface area contributed by atoms with Crippen molar-refractivity contribution < 1.29 is 13.9 Å². The molecule has 0 spiro atoms. The maximum Gasteiger partial charge on any atom is 0.262 e. The lowest BCUT2D eigenvalue weighted by Gasteiger charge is -2.13. The molecule has 5 nitrogen and oxygen atoms in total. The molecular formula is C24H17Cl2NO4. The van der Waals surface area contributed by atoms with Gasteiger partial charge in [0.25, 0.3) is 5.91 Å². The standard InChI is InChI=1S/C24H17Cl2NO4/c1-14-11-20-16(12-18(14)26)22(29)24(23(31-20)15-7-3-2-4-8-15)30-13-21(28)27-19-10-6-5-9-17(19)25/h2-12H,13H2,1H3,(H,27,28). The fraction of sp³-hybridized carbons (Fsp3) is 0.0833. The first-order chi connectivity index (χ1) is 14.9. The normalized spacial score (nSPS) is 10.8. The Kier molecular flexibility index (Phi) is 5.98. The van der Waals surface area contributed by atoms with Crippen molar-refractivity contribution in [1.29, 1.82) is 0 Å². The molecule has 3 aromatic carbocycles. The number of amides is 1. The van der Waals surface area contributed by atoms with E-state index >= 15 is 0 Å². The molecule has 0 aliphatic heterocycles. The Morgan fingerprint density at radius 3 is 2.45 bits per heavy atom. The van der Waals surface area contributed by atoms with Gasteiger partial charge < -0.3 is 14.5 Å². The number of fused-ring (bicyclic) bond motifs is 1. The van der Waals surface area contributed by atoms with Gasteiger partial charge in [-0.1, -0.05) is 65.7 Å². The molecule has 0 bridgehead atoms. The van der Waals surface area contributed by atoms with Crippen molar-refractivity contribution in [1.82, 2.24) is 0 Å². The van der Waals surface area contributed by atoms with E-state index in [9.17, 15) is 9.59 Å². The summed E-state index contributed by atoms with van der Waals surface area (Å²) in [6.45, 7) is 1.42. The van der Waals surface area contributed by atoms with Crippen molar-refractivity contribution in [3.63, 3.8) is 0 Å². The fourth-order valence-corrected chi connectivity index (χ4v) is 3.44. The number of nitrogens with one attached hydrogen (secondary N) is 1. The van der Waals surface area contributed by atoms with Crippen molar-refractivity contribution in [3.8, 4) is 17.1 Å². The van der Waals surface area contributed by atoms with E-state index in [1.54, 1.807) is 48.5 Å². The van der Waals surface area contributed by atoms with Crippen LogP contribution >= 0.6 is 23.2 Å². The van der Waals surface area contributed by atoms with Crippen molar-refractivity contribution >= 4 is 45.8 Å². The van der Waals surface area contributed by atoms with Gasteiger partial charge in [0.15, 0.2) is 12.4 Å². The minimum atomic E-state index is -0.464. The van der Waals surface area contributed by atoms with Gasteiger partial charge in [-0.3, -0.25) is 9.59 Å². The summed E-state index contributed by atoms with van der Waals surface area (Å²) in [4.78, 5) is 25.6. The number of hydrogen-bond acceptors (Lipinski definition) is 4. The molecule has 1 aromatic heterocycles. The molecule has 0 atom stereocenters. The van der Waals surface area contributed by atoms with Crippen molar-refractivity contribution in [2.45, 2.75) is 6.92 Å². The second kappa shape index (κ2) is 8.84. The molecule has 0 saturated heterocycles. The molecule has 156 valence electrons. The number of hydrogen-bond donors (Lipinski definition) is 1. The number of halogens is 2. The quantitative estimate of drug-likeness (QED) is 0.396. The van der Waals surface area contributed by atoms with Crippen LogP contribution in [0.4, 0.5) is 5.69 Å². The molecule has 0 aliphatic rings. The molecule has 0 saturated carbocycles. The second-order valence-corrected chi connectivity index (χ2v) is 7.68. The van der Waals surface area contributed by atoms with Crippen LogP contribution in [0.5, 0.6) is 5.75 Å². The fourth-order valence-electron chi connectivity index (χ4n) is 3.10. The molecule has 1 N–H and O–H groups in total. The van der Waals surface area contributed by atoms with Crippen LogP contribution in [-0.4, -0.2) is 12.5 Å². The number of para-hydroxylation sites is 1. The summed E-state index contributed by atoms with van der Waals surface area (Å²) >= 11 is 12.3. The average Bonchev–Trinajstić information content (AvgIpc) is 2.76. The first kappa shape index (κ1) is 21.0. The summed E-state index contributed by atoms with van der Waals surface area (Å²) < 4.78 is 11.7. The van der Waals surface area contributed by atoms with Crippen LogP contribution in [0.3, 0.4) is 0 Å². The van der Waals surface area contributed by atoms with Gasteiger partial charge in [-0.2, -0.15) is 0 Å². The lowest BCUT2D eigenvalue weighted by Crippen LogP contribution is -2.22. The van der Waals surface area contributed by atoms with E-state index in [0.29, 0.717) is 26.9 Å². The van der Waals surface area contributed by atoms with Crippen molar-refractivity contribution in [3.05, 3.63) is 92.6 Å². The molecule has 1 heterocycles. The van der Waals surface area contributed by atoms with Gasteiger partial charge in [-0.15, -0.1) is 0 Å². The molecule has 4 rings (SSSR count). The molecule has 31 heavy (non-hydrogen) atoms. The molecule has 0 radical (unpaired) electrons. The third-order valence-electron chi connectivity index (χ3n) is 4.66. The Morgan fingerprint density at radius 1 is 1.00 bits per heavy atom. The minimum Gasteiger partial charge on any atom is -0.476 e. The van der Waals surface area contributed by atoms with Gasteiger partial charge in [0.2, 0.25) is 11.2 Å². The van der Waals surface area contributed by atoms with Gasteiger partial charge in [0.1, 0.15) is 5.58 Å². The van der Waals surface area contributed by atoms with Crippen LogP contribution in [0.15, 0.2) is 75.9 Å². The highest BCUT2D eigenvalue weighted by molar-refractivity contribution is 6.33. The number of anilines is 1. The average molecular weight is 454 g/mol. The van der Waals surface area contributed by atoms with Crippen LogP contribution < -0.4 is 15.5 Å². The number of aryl methyl sites for hydroxylation is 1. The Labute approximate surface area is 188 Å². The highest BCUT2D eigenvalue weighted by Crippen LogP contribution is 2.32. The van der Waals surface area contributed by atoms with E-state index in [0.717, 1.165) is 5.56 Å². The molecular weight excluding hydrogens is 437 g/mol. The maximum atomic E-state index is 13.2. The lowest BCUT2D eigenvalue weighted by atomic mass is 10.1. The van der Waals surface area contributed by atoms with E-state index in [-0.39, 0.29) is 16.9 Å². The summed E-state index contributed by atoms with van der Waals surface area (Å²) in [5.41, 5.74) is 1.86. The Hall–Kier alpha value is -3.28. The van der Waals surface area contributed by atoms with Gasteiger partial charge >= 0.3 is 0 Å². The number of rotatable bonds is 5. The van der Waals surface area contributed by atoms with E-state index in [4.69, 9.17) is 32.4 Å². The van der Waals surface area contributed by atoms with Crippen LogP contribution in [0.1, 0.15) is 5.56 Å². The van der Waals surface area contributed by atoms with Gasteiger partial charge in [-0.25, -0.2) is 0 Å². The zero-order chi connectivity index (χ0) is 22.0. The largest absolute Gasteiger partial charge is 0.476 e. The predicted molar refractivity (Wildman–Crippen MR) is 123 cm³/mol. The van der Waals surface area contributed by atoms with Crippen LogP contribution in [0.2, 0.25) is 10.0 Å². The molecule has 0 fully saturated rings. The summed E-state index contributed by atoms with van der Waals surface area (Å²) in [7, 11) is 0.